The van der Waals surface area contributed by atoms with Crippen LogP contribution in [0, 0.1) is 46.6 Å². The van der Waals surface area contributed by atoms with Crippen molar-refractivity contribution in [1.29, 1.82) is 5.26 Å². The Morgan fingerprint density at radius 1 is 0.966 bits per heavy atom. The summed E-state index contributed by atoms with van der Waals surface area (Å²) in [5.74, 6) is -1.27. The summed E-state index contributed by atoms with van der Waals surface area (Å²) in [6.45, 7) is 2.29. The maximum absolute atomic E-state index is 14.0. The summed E-state index contributed by atoms with van der Waals surface area (Å²) in [5.41, 5.74) is -0.397. The summed E-state index contributed by atoms with van der Waals surface area (Å²) in [7, 11) is 0. The summed E-state index contributed by atoms with van der Waals surface area (Å²) in [6.07, 6.45) is 12.8. The number of esters is 1. The molecule has 0 unspecified atom stereocenters. The van der Waals surface area contributed by atoms with Crippen LogP contribution in [-0.4, -0.2) is 5.97 Å². The van der Waals surface area contributed by atoms with E-state index >= 15 is 0 Å². The average Bonchev–Trinajstić information content (AvgIpc) is 2.76. The Bertz CT molecular complexity index is 742. The lowest BCUT2D eigenvalue weighted by atomic mass is 9.75. The number of carbonyl (C=O) groups is 1. The van der Waals surface area contributed by atoms with Gasteiger partial charge >= 0.3 is 5.97 Å². The molecular weight excluding hydrogens is 372 g/mol. The molecule has 3 nitrogen and oxygen atoms in total. The molecule has 1 aromatic carbocycles. The van der Waals surface area contributed by atoms with Crippen LogP contribution in [0.4, 0.5) is 8.78 Å². The van der Waals surface area contributed by atoms with Gasteiger partial charge in [0.05, 0.1) is 11.5 Å². The van der Waals surface area contributed by atoms with E-state index in [-0.39, 0.29) is 5.92 Å². The van der Waals surface area contributed by atoms with E-state index in [1.54, 1.807) is 6.07 Å². The van der Waals surface area contributed by atoms with E-state index < -0.39 is 28.9 Å². The van der Waals surface area contributed by atoms with Crippen LogP contribution in [0.15, 0.2) is 12.1 Å². The maximum Gasteiger partial charge on any atom is 0.314 e. The summed E-state index contributed by atoms with van der Waals surface area (Å²) < 4.78 is 32.8. The predicted octanol–water partition coefficient (Wildman–Crippen LogP) is 6.54. The highest BCUT2D eigenvalue weighted by Gasteiger charge is 2.29. The molecule has 1 aromatic rings. The van der Waals surface area contributed by atoms with Gasteiger partial charge in [-0.2, -0.15) is 9.65 Å². The number of halogens is 2. The van der Waals surface area contributed by atoms with Gasteiger partial charge in [-0.3, -0.25) is 4.79 Å². The molecule has 2 aliphatic carbocycles. The van der Waals surface area contributed by atoms with Crippen LogP contribution in [0.5, 0.6) is 5.75 Å². The third-order valence-electron chi connectivity index (χ3n) is 7.08. The fourth-order valence-corrected chi connectivity index (χ4v) is 4.98. The highest BCUT2D eigenvalue weighted by atomic mass is 19.2. The largest absolute Gasteiger partial charge is 0.423 e. The van der Waals surface area contributed by atoms with Gasteiger partial charge in [-0.1, -0.05) is 51.9 Å². The van der Waals surface area contributed by atoms with Crippen molar-refractivity contribution in [1.82, 2.24) is 0 Å². The number of ether oxygens (including phenoxy) is 1. The minimum atomic E-state index is -1.27. The van der Waals surface area contributed by atoms with Gasteiger partial charge in [-0.05, 0) is 55.6 Å². The zero-order valence-electron chi connectivity index (χ0n) is 17.3. The quantitative estimate of drug-likeness (QED) is 0.400. The van der Waals surface area contributed by atoms with Crippen LogP contribution in [-0.2, 0) is 4.79 Å². The van der Waals surface area contributed by atoms with Crippen molar-refractivity contribution in [3.63, 3.8) is 0 Å². The highest BCUT2D eigenvalue weighted by molar-refractivity contribution is 5.75. The van der Waals surface area contributed by atoms with E-state index in [1.807, 2.05) is 0 Å². The van der Waals surface area contributed by atoms with E-state index in [4.69, 9.17) is 10.00 Å². The Balaban J connectivity index is 1.42. The molecule has 0 N–H and O–H groups in total. The van der Waals surface area contributed by atoms with Crippen LogP contribution >= 0.6 is 0 Å². The summed E-state index contributed by atoms with van der Waals surface area (Å²) >= 11 is 0. The zero-order chi connectivity index (χ0) is 20.8. The highest BCUT2D eigenvalue weighted by Crippen LogP contribution is 2.37. The number of nitriles is 1. The molecule has 2 saturated carbocycles. The molecule has 0 atom stereocenters. The van der Waals surface area contributed by atoms with Crippen LogP contribution < -0.4 is 4.74 Å². The number of rotatable bonds is 6. The van der Waals surface area contributed by atoms with Gasteiger partial charge < -0.3 is 4.74 Å². The van der Waals surface area contributed by atoms with Crippen molar-refractivity contribution in [2.45, 2.75) is 77.6 Å². The summed E-state index contributed by atoms with van der Waals surface area (Å²) in [5, 5.41) is 8.73. The van der Waals surface area contributed by atoms with Crippen LogP contribution in [0.1, 0.15) is 83.1 Å². The van der Waals surface area contributed by atoms with Gasteiger partial charge in [-0.15, -0.1) is 0 Å². The molecule has 0 radical (unpaired) electrons. The Hall–Kier alpha value is -1.96. The molecule has 2 fully saturated rings. The molecule has 0 aliphatic heterocycles. The molecule has 29 heavy (non-hydrogen) atoms. The van der Waals surface area contributed by atoms with Crippen molar-refractivity contribution in [2.24, 2.45) is 23.7 Å². The van der Waals surface area contributed by atoms with Crippen molar-refractivity contribution in [3.05, 3.63) is 29.3 Å². The van der Waals surface area contributed by atoms with Gasteiger partial charge in [0.1, 0.15) is 6.07 Å². The van der Waals surface area contributed by atoms with Crippen molar-refractivity contribution < 1.29 is 18.3 Å². The standard InChI is InChI=1S/C24H31F2NO2/c1-2-16-3-5-17(6-4-16)7-8-18-9-11-19(12-10-18)24(28)29-21-14-13-20(15-27)22(25)23(21)26/h13-14,16-19H,2-12H2,1H3/t16-,17-,18-,19-. The van der Waals surface area contributed by atoms with Crippen LogP contribution in [0.3, 0.4) is 0 Å². The third-order valence-corrected chi connectivity index (χ3v) is 7.08. The monoisotopic (exact) mass is 403 g/mol. The third kappa shape index (κ3) is 5.56. The van der Waals surface area contributed by atoms with Gasteiger partial charge in [0, 0.05) is 0 Å². The molecule has 0 saturated heterocycles. The van der Waals surface area contributed by atoms with Crippen LogP contribution in [0.2, 0.25) is 0 Å². The Kier molecular flexibility index (Phi) is 7.64. The zero-order valence-corrected chi connectivity index (χ0v) is 17.3. The molecular formula is C24H31F2NO2. The average molecular weight is 404 g/mol. The first-order valence-corrected chi connectivity index (χ1v) is 11.1. The fourth-order valence-electron chi connectivity index (χ4n) is 4.98. The smallest absolute Gasteiger partial charge is 0.314 e. The van der Waals surface area contributed by atoms with Gasteiger partial charge in [0.15, 0.2) is 11.6 Å². The first kappa shape index (κ1) is 21.7. The summed E-state index contributed by atoms with van der Waals surface area (Å²) in [6, 6.07) is 3.85. The van der Waals surface area contributed by atoms with Gasteiger partial charge in [0.25, 0.3) is 0 Å². The number of nitrogens with zero attached hydrogens (tertiary/aromatic N) is 1. The maximum atomic E-state index is 14.0. The molecule has 158 valence electrons. The lowest BCUT2D eigenvalue weighted by Gasteiger charge is -2.31. The second kappa shape index (κ2) is 10.2. The molecule has 2 aliphatic rings. The normalized spacial score (nSPS) is 27.2. The van der Waals surface area contributed by atoms with E-state index in [0.29, 0.717) is 5.92 Å². The van der Waals surface area contributed by atoms with Gasteiger partial charge in [-0.25, -0.2) is 4.39 Å². The van der Waals surface area contributed by atoms with E-state index in [9.17, 15) is 13.6 Å². The second-order valence-electron chi connectivity index (χ2n) is 8.86. The topological polar surface area (TPSA) is 50.1 Å². The molecule has 3 rings (SSSR count). The first-order chi connectivity index (χ1) is 14.0. The number of hydrogen-bond donors (Lipinski definition) is 0. The summed E-state index contributed by atoms with van der Waals surface area (Å²) in [4.78, 5) is 12.4. The Labute approximate surface area is 172 Å². The molecule has 0 bridgehead atoms. The van der Waals surface area contributed by atoms with E-state index in [1.165, 1.54) is 44.9 Å². The van der Waals surface area contributed by atoms with E-state index in [2.05, 4.69) is 6.92 Å². The molecule has 0 aromatic heterocycles. The van der Waals surface area contributed by atoms with Crippen molar-refractivity contribution in [2.75, 3.05) is 0 Å². The predicted molar refractivity (Wildman–Crippen MR) is 107 cm³/mol. The fraction of sp³-hybridized carbons (Fsp3) is 0.667. The lowest BCUT2D eigenvalue weighted by molar-refractivity contribution is -0.140. The Morgan fingerprint density at radius 2 is 1.52 bits per heavy atom. The SMILES string of the molecule is CC[C@H]1CC[C@H](CC[C@H]2CC[C@H](C(=O)Oc3ccc(C#N)c(F)c3F)CC2)CC1. The number of benzene rings is 1. The van der Waals surface area contributed by atoms with Gasteiger partial charge in [0.2, 0.25) is 5.82 Å². The van der Waals surface area contributed by atoms with Crippen LogP contribution in [0.25, 0.3) is 0 Å². The molecule has 0 amide bonds. The molecule has 0 heterocycles. The van der Waals surface area contributed by atoms with Crippen molar-refractivity contribution in [3.8, 4) is 11.8 Å². The Morgan fingerprint density at radius 3 is 2.07 bits per heavy atom. The second-order valence-corrected chi connectivity index (χ2v) is 8.86. The molecule has 5 heteroatoms. The lowest BCUT2D eigenvalue weighted by Crippen LogP contribution is -2.26. The number of hydrogen-bond acceptors (Lipinski definition) is 3. The number of carbonyl (C=O) groups excluding carboxylic acids is 1. The minimum Gasteiger partial charge on any atom is -0.423 e. The van der Waals surface area contributed by atoms with E-state index in [0.717, 1.165) is 49.7 Å². The first-order valence-electron chi connectivity index (χ1n) is 11.1. The molecule has 0 spiro atoms. The van der Waals surface area contributed by atoms with Crippen molar-refractivity contribution >= 4 is 5.97 Å². The minimum absolute atomic E-state index is 0.260.